The minimum Gasteiger partial charge on any atom is -0.317 e. The van der Waals surface area contributed by atoms with Gasteiger partial charge < -0.3 is 4.57 Å². The standard InChI is InChI=1S/C11H13FN4O2S/c1-2-16-8-13-15-11(16)7-14-19(17,18)10-5-3-9(12)4-6-10/h3-6,8,14H,2,7H2,1H3. The Morgan fingerprint density at radius 1 is 1.32 bits per heavy atom. The molecule has 0 unspecified atom stereocenters. The van der Waals surface area contributed by atoms with Gasteiger partial charge in [-0.25, -0.2) is 17.5 Å². The van der Waals surface area contributed by atoms with E-state index >= 15 is 0 Å². The van der Waals surface area contributed by atoms with E-state index in [9.17, 15) is 12.8 Å². The highest BCUT2D eigenvalue weighted by atomic mass is 32.2. The molecule has 0 saturated heterocycles. The van der Waals surface area contributed by atoms with Gasteiger partial charge in [0.15, 0.2) is 0 Å². The number of aryl methyl sites for hydroxylation is 1. The molecule has 2 rings (SSSR count). The first-order valence-corrected chi connectivity index (χ1v) is 7.13. The second-order valence-corrected chi connectivity index (χ2v) is 5.58. The number of nitrogens with zero attached hydrogens (tertiary/aromatic N) is 3. The third kappa shape index (κ3) is 3.15. The molecule has 0 spiro atoms. The molecule has 1 aromatic heterocycles. The minimum atomic E-state index is -3.68. The maximum Gasteiger partial charge on any atom is 0.240 e. The zero-order valence-electron chi connectivity index (χ0n) is 10.2. The molecular weight excluding hydrogens is 271 g/mol. The lowest BCUT2D eigenvalue weighted by molar-refractivity contribution is 0.574. The van der Waals surface area contributed by atoms with Crippen LogP contribution in [0.4, 0.5) is 4.39 Å². The van der Waals surface area contributed by atoms with Gasteiger partial charge >= 0.3 is 0 Å². The van der Waals surface area contributed by atoms with E-state index in [1.807, 2.05) is 6.92 Å². The lowest BCUT2D eigenvalue weighted by atomic mass is 10.4. The number of rotatable bonds is 5. The van der Waals surface area contributed by atoms with Crippen molar-refractivity contribution in [3.63, 3.8) is 0 Å². The molecule has 0 aliphatic heterocycles. The molecule has 1 heterocycles. The molecule has 0 atom stereocenters. The summed E-state index contributed by atoms with van der Waals surface area (Å²) in [5, 5.41) is 7.53. The normalized spacial score (nSPS) is 11.7. The summed E-state index contributed by atoms with van der Waals surface area (Å²) in [6.07, 6.45) is 1.53. The number of halogens is 1. The van der Waals surface area contributed by atoms with Gasteiger partial charge in [-0.1, -0.05) is 0 Å². The van der Waals surface area contributed by atoms with Crippen molar-refractivity contribution in [3.05, 3.63) is 42.2 Å². The lowest BCUT2D eigenvalue weighted by Gasteiger charge is -2.07. The topological polar surface area (TPSA) is 76.9 Å². The van der Waals surface area contributed by atoms with Crippen LogP contribution in [0.25, 0.3) is 0 Å². The molecule has 0 radical (unpaired) electrons. The molecule has 102 valence electrons. The highest BCUT2D eigenvalue weighted by molar-refractivity contribution is 7.89. The Morgan fingerprint density at radius 2 is 2.00 bits per heavy atom. The summed E-state index contributed by atoms with van der Waals surface area (Å²) in [6, 6.07) is 4.62. The summed E-state index contributed by atoms with van der Waals surface area (Å²) in [4.78, 5) is 0.0106. The molecule has 0 bridgehead atoms. The van der Waals surface area contributed by atoms with Crippen LogP contribution in [-0.4, -0.2) is 23.2 Å². The molecule has 0 fully saturated rings. The van der Waals surface area contributed by atoms with Gasteiger partial charge in [-0.2, -0.15) is 0 Å². The van der Waals surface area contributed by atoms with E-state index in [0.717, 1.165) is 12.1 Å². The Kier molecular flexibility index (Phi) is 3.91. The van der Waals surface area contributed by atoms with Gasteiger partial charge in [0.1, 0.15) is 18.0 Å². The van der Waals surface area contributed by atoms with E-state index in [0.29, 0.717) is 12.4 Å². The maximum atomic E-state index is 12.7. The van der Waals surface area contributed by atoms with Gasteiger partial charge in [-0.05, 0) is 31.2 Å². The maximum absolute atomic E-state index is 12.7. The van der Waals surface area contributed by atoms with E-state index in [-0.39, 0.29) is 11.4 Å². The van der Waals surface area contributed by atoms with E-state index in [1.54, 1.807) is 4.57 Å². The van der Waals surface area contributed by atoms with Crippen LogP contribution >= 0.6 is 0 Å². The number of hydrogen-bond acceptors (Lipinski definition) is 4. The minimum absolute atomic E-state index is 0.0106. The SMILES string of the molecule is CCn1cnnc1CNS(=O)(=O)c1ccc(F)cc1. The average molecular weight is 284 g/mol. The zero-order valence-corrected chi connectivity index (χ0v) is 11.1. The Bertz CT molecular complexity index is 652. The fourth-order valence-corrected chi connectivity index (χ4v) is 2.52. The van der Waals surface area contributed by atoms with Crippen molar-refractivity contribution in [2.24, 2.45) is 0 Å². The lowest BCUT2D eigenvalue weighted by Crippen LogP contribution is -2.25. The van der Waals surface area contributed by atoms with Crippen molar-refractivity contribution in [2.45, 2.75) is 24.9 Å². The summed E-state index contributed by atoms with van der Waals surface area (Å²) < 4.78 is 40.8. The quantitative estimate of drug-likeness (QED) is 0.885. The van der Waals surface area contributed by atoms with E-state index < -0.39 is 15.8 Å². The second kappa shape index (κ2) is 5.45. The monoisotopic (exact) mass is 284 g/mol. The first kappa shape index (κ1) is 13.6. The van der Waals surface area contributed by atoms with Crippen molar-refractivity contribution in [2.75, 3.05) is 0 Å². The summed E-state index contributed by atoms with van der Waals surface area (Å²) in [7, 11) is -3.68. The molecule has 2 aromatic rings. The molecule has 8 heteroatoms. The zero-order chi connectivity index (χ0) is 13.9. The molecule has 0 aliphatic carbocycles. The fraction of sp³-hybridized carbons (Fsp3) is 0.273. The van der Waals surface area contributed by atoms with Crippen LogP contribution in [0.15, 0.2) is 35.5 Å². The summed E-state index contributed by atoms with van der Waals surface area (Å²) >= 11 is 0. The molecule has 0 aliphatic rings. The van der Waals surface area contributed by atoms with Crippen LogP contribution in [0, 0.1) is 5.82 Å². The number of hydrogen-bond donors (Lipinski definition) is 1. The van der Waals surface area contributed by atoms with Gasteiger partial charge in [0.25, 0.3) is 0 Å². The predicted molar refractivity (Wildman–Crippen MR) is 66.1 cm³/mol. The van der Waals surface area contributed by atoms with Gasteiger partial charge in [-0.3, -0.25) is 0 Å². The van der Waals surface area contributed by atoms with Gasteiger partial charge in [0.05, 0.1) is 11.4 Å². The first-order valence-electron chi connectivity index (χ1n) is 5.65. The van der Waals surface area contributed by atoms with Gasteiger partial charge in [0, 0.05) is 6.54 Å². The second-order valence-electron chi connectivity index (χ2n) is 3.81. The summed E-state index contributed by atoms with van der Waals surface area (Å²) in [5.74, 6) is 0.0397. The van der Waals surface area contributed by atoms with Crippen LogP contribution in [-0.2, 0) is 23.1 Å². The summed E-state index contributed by atoms with van der Waals surface area (Å²) in [6.45, 7) is 2.59. The van der Waals surface area contributed by atoms with Crippen LogP contribution < -0.4 is 4.72 Å². The largest absolute Gasteiger partial charge is 0.317 e. The Hall–Kier alpha value is -1.80. The van der Waals surface area contributed by atoms with Crippen molar-refractivity contribution >= 4 is 10.0 Å². The third-order valence-corrected chi connectivity index (χ3v) is 4.00. The van der Waals surface area contributed by atoms with Gasteiger partial charge in [0.2, 0.25) is 10.0 Å². The molecule has 6 nitrogen and oxygen atoms in total. The molecule has 1 N–H and O–H groups in total. The Morgan fingerprint density at radius 3 is 2.63 bits per heavy atom. The van der Waals surface area contributed by atoms with Crippen LogP contribution in [0.1, 0.15) is 12.7 Å². The van der Waals surface area contributed by atoms with E-state index in [1.165, 1.54) is 18.5 Å². The number of nitrogens with one attached hydrogen (secondary N) is 1. The predicted octanol–water partition coefficient (Wildman–Crippen LogP) is 0.916. The number of sulfonamides is 1. The van der Waals surface area contributed by atoms with Crippen LogP contribution in [0.5, 0.6) is 0 Å². The first-order chi connectivity index (χ1) is 9.03. The van der Waals surface area contributed by atoms with Crippen LogP contribution in [0.3, 0.4) is 0 Å². The van der Waals surface area contributed by atoms with Crippen molar-refractivity contribution in [1.29, 1.82) is 0 Å². The molecular formula is C11H13FN4O2S. The Balaban J connectivity index is 2.12. The van der Waals surface area contributed by atoms with E-state index in [2.05, 4.69) is 14.9 Å². The van der Waals surface area contributed by atoms with Crippen molar-refractivity contribution in [3.8, 4) is 0 Å². The highest BCUT2D eigenvalue weighted by Crippen LogP contribution is 2.10. The summed E-state index contributed by atoms with van der Waals surface area (Å²) in [5.41, 5.74) is 0. The fourth-order valence-electron chi connectivity index (χ4n) is 1.54. The van der Waals surface area contributed by atoms with Gasteiger partial charge in [-0.15, -0.1) is 10.2 Å². The third-order valence-electron chi connectivity index (χ3n) is 2.58. The smallest absolute Gasteiger partial charge is 0.240 e. The molecule has 0 amide bonds. The van der Waals surface area contributed by atoms with Crippen molar-refractivity contribution < 1.29 is 12.8 Å². The Labute approximate surface area is 110 Å². The van der Waals surface area contributed by atoms with Crippen molar-refractivity contribution in [1.82, 2.24) is 19.5 Å². The average Bonchev–Trinajstić information content (AvgIpc) is 2.84. The van der Waals surface area contributed by atoms with E-state index in [4.69, 9.17) is 0 Å². The molecule has 19 heavy (non-hydrogen) atoms. The highest BCUT2D eigenvalue weighted by Gasteiger charge is 2.15. The molecule has 1 aromatic carbocycles. The number of aromatic nitrogens is 3. The van der Waals surface area contributed by atoms with Crippen LogP contribution in [0.2, 0.25) is 0 Å². The number of benzene rings is 1. The molecule has 0 saturated carbocycles.